The van der Waals surface area contributed by atoms with Crippen molar-refractivity contribution in [2.45, 2.75) is 19.8 Å². The molecule has 1 N–H and O–H groups in total. The molecule has 13 heavy (non-hydrogen) atoms. The Bertz CT molecular complexity index is 283. The minimum atomic E-state index is -0.155. The van der Waals surface area contributed by atoms with Crippen LogP contribution in [0.1, 0.15) is 24.0 Å². The zero-order valence-electron chi connectivity index (χ0n) is 8.39. The predicted octanol–water partition coefficient (Wildman–Crippen LogP) is 2.46. The fourth-order valence-corrected chi connectivity index (χ4v) is 1.61. The molecule has 0 saturated heterocycles. The van der Waals surface area contributed by atoms with Gasteiger partial charge in [0.1, 0.15) is 5.82 Å². The molecule has 0 aromatic heterocycles. The van der Waals surface area contributed by atoms with E-state index in [2.05, 4.69) is 12.2 Å². The van der Waals surface area contributed by atoms with Crippen molar-refractivity contribution in [2.24, 2.45) is 0 Å². The second kappa shape index (κ2) is 4.38. The van der Waals surface area contributed by atoms with Crippen LogP contribution in [0.4, 0.5) is 4.39 Å². The molecule has 72 valence electrons. The van der Waals surface area contributed by atoms with E-state index in [9.17, 15) is 4.39 Å². The lowest BCUT2D eigenvalue weighted by Crippen LogP contribution is -2.15. The van der Waals surface area contributed by atoms with Crippen LogP contribution >= 0.6 is 0 Å². The Balaban J connectivity index is 2.88. The number of nitrogens with one attached hydrogen (secondary N) is 1. The third-order valence-corrected chi connectivity index (χ3v) is 2.27. The lowest BCUT2D eigenvalue weighted by Gasteiger charge is -2.13. The van der Waals surface area contributed by atoms with Gasteiger partial charge in [-0.2, -0.15) is 0 Å². The second-order valence-electron chi connectivity index (χ2n) is 3.46. The largest absolute Gasteiger partial charge is 0.319 e. The molecule has 1 aromatic carbocycles. The van der Waals surface area contributed by atoms with Gasteiger partial charge in [0, 0.05) is 6.54 Å². The van der Waals surface area contributed by atoms with E-state index in [0.29, 0.717) is 5.92 Å². The van der Waals surface area contributed by atoms with Gasteiger partial charge in [-0.25, -0.2) is 4.39 Å². The van der Waals surface area contributed by atoms with Crippen LogP contribution in [0.15, 0.2) is 18.2 Å². The number of likely N-dealkylation sites (N-methyl/N-ethyl adjacent to an activating group) is 1. The summed E-state index contributed by atoms with van der Waals surface area (Å²) in [5, 5.41) is 3.11. The van der Waals surface area contributed by atoms with Crippen molar-refractivity contribution >= 4 is 0 Å². The molecule has 0 bridgehead atoms. The van der Waals surface area contributed by atoms with Crippen molar-refractivity contribution in [3.63, 3.8) is 0 Å². The fraction of sp³-hybridized carbons (Fsp3) is 0.455. The van der Waals surface area contributed by atoms with Gasteiger partial charge in [-0.1, -0.05) is 13.0 Å². The molecule has 0 saturated carbocycles. The summed E-state index contributed by atoms with van der Waals surface area (Å²) in [7, 11) is 1.93. The van der Waals surface area contributed by atoms with E-state index in [-0.39, 0.29) is 5.82 Å². The minimum Gasteiger partial charge on any atom is -0.319 e. The number of aryl methyl sites for hydroxylation is 1. The lowest BCUT2D eigenvalue weighted by molar-refractivity contribution is 0.621. The number of rotatable bonds is 3. The molecule has 2 heteroatoms. The summed E-state index contributed by atoms with van der Waals surface area (Å²) < 4.78 is 12.8. The summed E-state index contributed by atoms with van der Waals surface area (Å²) in [6, 6.07) is 4.97. The second-order valence-corrected chi connectivity index (χ2v) is 3.46. The van der Waals surface area contributed by atoms with E-state index in [0.717, 1.165) is 12.1 Å². The van der Waals surface area contributed by atoms with Crippen molar-refractivity contribution in [1.82, 2.24) is 5.32 Å². The van der Waals surface area contributed by atoms with Gasteiger partial charge < -0.3 is 5.32 Å². The maximum absolute atomic E-state index is 12.8. The van der Waals surface area contributed by atoms with Crippen molar-refractivity contribution < 1.29 is 4.39 Å². The number of halogens is 1. The normalized spacial score (nSPS) is 12.9. The third kappa shape index (κ3) is 2.52. The molecule has 1 aromatic rings. The van der Waals surface area contributed by atoms with E-state index in [1.807, 2.05) is 20.0 Å². The standard InChI is InChI=1S/C11H16FN/c1-8-6-10(12)4-5-11(8)9(2)7-13-3/h4-6,9,13H,7H2,1-3H3. The van der Waals surface area contributed by atoms with Gasteiger partial charge in [0.25, 0.3) is 0 Å². The van der Waals surface area contributed by atoms with Gasteiger partial charge in [0.2, 0.25) is 0 Å². The van der Waals surface area contributed by atoms with Gasteiger partial charge in [-0.15, -0.1) is 0 Å². The van der Waals surface area contributed by atoms with Crippen molar-refractivity contribution in [3.05, 3.63) is 35.1 Å². The lowest BCUT2D eigenvalue weighted by atomic mass is 9.96. The Labute approximate surface area is 79.0 Å². The molecule has 1 rings (SSSR count). The average Bonchev–Trinajstić information content (AvgIpc) is 2.04. The van der Waals surface area contributed by atoms with Crippen molar-refractivity contribution in [1.29, 1.82) is 0 Å². The highest BCUT2D eigenvalue weighted by molar-refractivity contribution is 5.29. The van der Waals surface area contributed by atoms with Crippen LogP contribution in [-0.2, 0) is 0 Å². The summed E-state index contributed by atoms with van der Waals surface area (Å²) in [5.74, 6) is 0.281. The number of hydrogen-bond acceptors (Lipinski definition) is 1. The highest BCUT2D eigenvalue weighted by atomic mass is 19.1. The molecule has 1 nitrogen and oxygen atoms in total. The highest BCUT2D eigenvalue weighted by Gasteiger charge is 2.07. The summed E-state index contributed by atoms with van der Waals surface area (Å²) in [6.45, 7) is 5.01. The Kier molecular flexibility index (Phi) is 3.43. The molecule has 0 radical (unpaired) electrons. The summed E-state index contributed by atoms with van der Waals surface area (Å²) in [4.78, 5) is 0. The monoisotopic (exact) mass is 181 g/mol. The highest BCUT2D eigenvalue weighted by Crippen LogP contribution is 2.19. The van der Waals surface area contributed by atoms with E-state index < -0.39 is 0 Å². The molecule has 0 aliphatic carbocycles. The molecular formula is C11H16FN. The Morgan fingerprint density at radius 2 is 2.15 bits per heavy atom. The maximum Gasteiger partial charge on any atom is 0.123 e. The van der Waals surface area contributed by atoms with Gasteiger partial charge in [0.15, 0.2) is 0 Å². The minimum absolute atomic E-state index is 0.155. The van der Waals surface area contributed by atoms with Crippen LogP contribution in [0.2, 0.25) is 0 Å². The summed E-state index contributed by atoms with van der Waals surface area (Å²) in [6.07, 6.45) is 0. The van der Waals surface area contributed by atoms with Crippen LogP contribution in [-0.4, -0.2) is 13.6 Å². The molecule has 0 spiro atoms. The molecule has 0 heterocycles. The Morgan fingerprint density at radius 3 is 2.69 bits per heavy atom. The predicted molar refractivity (Wildman–Crippen MR) is 53.5 cm³/mol. The molecule has 1 unspecified atom stereocenters. The molecule has 0 aliphatic heterocycles. The average molecular weight is 181 g/mol. The van der Waals surface area contributed by atoms with Crippen LogP contribution in [0, 0.1) is 12.7 Å². The van der Waals surface area contributed by atoms with Crippen LogP contribution < -0.4 is 5.32 Å². The van der Waals surface area contributed by atoms with E-state index in [1.165, 1.54) is 11.6 Å². The SMILES string of the molecule is CNCC(C)c1ccc(F)cc1C. The smallest absolute Gasteiger partial charge is 0.123 e. The van der Waals surface area contributed by atoms with Crippen LogP contribution in [0.25, 0.3) is 0 Å². The molecule has 0 amide bonds. The first-order chi connectivity index (χ1) is 6.15. The van der Waals surface area contributed by atoms with Gasteiger partial charge in [0.05, 0.1) is 0 Å². The third-order valence-electron chi connectivity index (χ3n) is 2.27. The molecular weight excluding hydrogens is 165 g/mol. The number of hydrogen-bond donors (Lipinski definition) is 1. The van der Waals surface area contributed by atoms with E-state index in [4.69, 9.17) is 0 Å². The van der Waals surface area contributed by atoms with Gasteiger partial charge in [-0.05, 0) is 43.1 Å². The molecule has 0 fully saturated rings. The molecule has 1 atom stereocenters. The topological polar surface area (TPSA) is 12.0 Å². The van der Waals surface area contributed by atoms with E-state index >= 15 is 0 Å². The zero-order chi connectivity index (χ0) is 9.84. The van der Waals surface area contributed by atoms with Crippen LogP contribution in [0.3, 0.4) is 0 Å². The molecule has 0 aliphatic rings. The summed E-state index contributed by atoms with van der Waals surface area (Å²) >= 11 is 0. The van der Waals surface area contributed by atoms with Crippen molar-refractivity contribution in [2.75, 3.05) is 13.6 Å². The quantitative estimate of drug-likeness (QED) is 0.755. The zero-order valence-corrected chi connectivity index (χ0v) is 8.39. The first-order valence-corrected chi connectivity index (χ1v) is 4.55. The first-order valence-electron chi connectivity index (χ1n) is 4.55. The Morgan fingerprint density at radius 1 is 1.46 bits per heavy atom. The van der Waals surface area contributed by atoms with E-state index in [1.54, 1.807) is 6.07 Å². The fourth-order valence-electron chi connectivity index (χ4n) is 1.61. The van der Waals surface area contributed by atoms with Gasteiger partial charge in [-0.3, -0.25) is 0 Å². The number of benzene rings is 1. The maximum atomic E-state index is 12.8. The van der Waals surface area contributed by atoms with Crippen molar-refractivity contribution in [3.8, 4) is 0 Å². The van der Waals surface area contributed by atoms with Crippen LogP contribution in [0.5, 0.6) is 0 Å². The first kappa shape index (κ1) is 10.2. The summed E-state index contributed by atoms with van der Waals surface area (Å²) in [5.41, 5.74) is 2.25. The Hall–Kier alpha value is -0.890. The van der Waals surface area contributed by atoms with Gasteiger partial charge >= 0.3 is 0 Å².